The molecule has 19 heavy (non-hydrogen) atoms. The number of nitrogens with one attached hydrogen (secondary N) is 1. The Morgan fingerprint density at radius 1 is 1.11 bits per heavy atom. The molecule has 2 aromatic carbocycles. The topological polar surface area (TPSA) is 59.1 Å². The average molecular weight is 283 g/mol. The summed E-state index contributed by atoms with van der Waals surface area (Å²) < 4.78 is 32.1. The fraction of sp³-hybridized carbons (Fsp3) is 0. The molecule has 3 N–H and O–H groups in total. The molecule has 0 amide bonds. The van der Waals surface area contributed by atoms with Gasteiger partial charge in [0.1, 0.15) is 17.4 Å². The molecule has 0 unspecified atom stereocenters. The van der Waals surface area contributed by atoms with E-state index in [1.807, 2.05) is 0 Å². The highest BCUT2D eigenvalue weighted by atomic mass is 35.5. The SMILES string of the molecule is N=C(N)c1ccc(Oc2ccc(Cl)c(F)c2)c(F)c1. The summed E-state index contributed by atoms with van der Waals surface area (Å²) in [6, 6.07) is 7.62. The number of hydrogen-bond acceptors (Lipinski definition) is 2. The molecule has 0 saturated heterocycles. The summed E-state index contributed by atoms with van der Waals surface area (Å²) >= 11 is 5.53. The van der Waals surface area contributed by atoms with E-state index in [4.69, 9.17) is 27.5 Å². The Labute approximate surface area is 113 Å². The molecular formula is C13H9ClF2N2O. The number of halogens is 3. The van der Waals surface area contributed by atoms with E-state index in [0.29, 0.717) is 0 Å². The first-order valence-electron chi connectivity index (χ1n) is 5.24. The maximum absolute atomic E-state index is 13.7. The van der Waals surface area contributed by atoms with Crippen molar-refractivity contribution < 1.29 is 13.5 Å². The molecule has 98 valence electrons. The van der Waals surface area contributed by atoms with Crippen LogP contribution in [0.3, 0.4) is 0 Å². The zero-order valence-electron chi connectivity index (χ0n) is 9.58. The molecule has 3 nitrogen and oxygen atoms in total. The predicted molar refractivity (Wildman–Crippen MR) is 68.9 cm³/mol. The van der Waals surface area contributed by atoms with Crippen molar-refractivity contribution in [2.45, 2.75) is 0 Å². The molecule has 0 saturated carbocycles. The van der Waals surface area contributed by atoms with Crippen LogP contribution in [0.5, 0.6) is 11.5 Å². The molecule has 0 aromatic heterocycles. The highest BCUT2D eigenvalue weighted by Crippen LogP contribution is 2.27. The molecule has 6 heteroatoms. The average Bonchev–Trinajstić information content (AvgIpc) is 2.36. The summed E-state index contributed by atoms with van der Waals surface area (Å²) in [4.78, 5) is 0. The first kappa shape index (κ1) is 13.3. The maximum Gasteiger partial charge on any atom is 0.166 e. The summed E-state index contributed by atoms with van der Waals surface area (Å²) in [5.41, 5.74) is 5.48. The number of hydrogen-bond donors (Lipinski definition) is 2. The van der Waals surface area contributed by atoms with Gasteiger partial charge in [-0.3, -0.25) is 5.41 Å². The van der Waals surface area contributed by atoms with Crippen molar-refractivity contribution in [3.8, 4) is 11.5 Å². The van der Waals surface area contributed by atoms with Gasteiger partial charge in [0.2, 0.25) is 0 Å². The molecule has 0 aliphatic carbocycles. The van der Waals surface area contributed by atoms with E-state index in [-0.39, 0.29) is 27.9 Å². The molecule has 0 heterocycles. The maximum atomic E-state index is 13.7. The van der Waals surface area contributed by atoms with E-state index < -0.39 is 11.6 Å². The van der Waals surface area contributed by atoms with Gasteiger partial charge < -0.3 is 10.5 Å². The standard InChI is InChI=1S/C13H9ClF2N2O/c14-9-3-2-8(6-10(9)15)19-12-4-1-7(13(17)18)5-11(12)16/h1-6H,(H3,17,18). The summed E-state index contributed by atoms with van der Waals surface area (Å²) in [6.45, 7) is 0. The Kier molecular flexibility index (Phi) is 3.66. The zero-order chi connectivity index (χ0) is 14.0. The highest BCUT2D eigenvalue weighted by Gasteiger charge is 2.09. The van der Waals surface area contributed by atoms with Gasteiger partial charge in [-0.1, -0.05) is 11.6 Å². The van der Waals surface area contributed by atoms with E-state index >= 15 is 0 Å². The Hall–Kier alpha value is -2.14. The van der Waals surface area contributed by atoms with Crippen molar-refractivity contribution in [3.63, 3.8) is 0 Å². The molecule has 2 rings (SSSR count). The minimum Gasteiger partial charge on any atom is -0.454 e. The number of nitrogen functional groups attached to an aromatic ring is 1. The van der Waals surface area contributed by atoms with Crippen molar-refractivity contribution >= 4 is 17.4 Å². The Balaban J connectivity index is 2.28. The fourth-order valence-corrected chi connectivity index (χ4v) is 1.54. The Morgan fingerprint density at radius 2 is 1.84 bits per heavy atom. The normalized spacial score (nSPS) is 10.3. The van der Waals surface area contributed by atoms with E-state index in [9.17, 15) is 8.78 Å². The molecule has 0 spiro atoms. The van der Waals surface area contributed by atoms with Crippen LogP contribution in [0.4, 0.5) is 8.78 Å². The van der Waals surface area contributed by atoms with Gasteiger partial charge in [-0.05, 0) is 30.3 Å². The third-order valence-electron chi connectivity index (χ3n) is 2.36. The first-order valence-corrected chi connectivity index (χ1v) is 5.62. The number of ether oxygens (including phenoxy) is 1. The molecule has 2 aromatic rings. The fourth-order valence-electron chi connectivity index (χ4n) is 1.42. The van der Waals surface area contributed by atoms with Crippen molar-refractivity contribution in [1.82, 2.24) is 0 Å². The lowest BCUT2D eigenvalue weighted by Crippen LogP contribution is -2.11. The van der Waals surface area contributed by atoms with Crippen LogP contribution in [0.1, 0.15) is 5.56 Å². The zero-order valence-corrected chi connectivity index (χ0v) is 10.3. The molecular weight excluding hydrogens is 274 g/mol. The van der Waals surface area contributed by atoms with E-state index in [2.05, 4.69) is 0 Å². The predicted octanol–water partition coefficient (Wildman–Crippen LogP) is 3.69. The minimum absolute atomic E-state index is 0.0419. The van der Waals surface area contributed by atoms with Crippen LogP contribution in [0.25, 0.3) is 0 Å². The lowest BCUT2D eigenvalue weighted by Gasteiger charge is -2.08. The van der Waals surface area contributed by atoms with Gasteiger partial charge in [-0.2, -0.15) is 0 Å². The summed E-state index contributed by atoms with van der Waals surface area (Å²) in [6.07, 6.45) is 0. The van der Waals surface area contributed by atoms with Gasteiger partial charge in [0.05, 0.1) is 5.02 Å². The van der Waals surface area contributed by atoms with E-state index in [1.165, 1.54) is 24.3 Å². The second kappa shape index (κ2) is 5.24. The van der Waals surface area contributed by atoms with Gasteiger partial charge in [0.15, 0.2) is 11.6 Å². The van der Waals surface area contributed by atoms with Crippen molar-refractivity contribution in [2.24, 2.45) is 5.73 Å². The van der Waals surface area contributed by atoms with Crippen LogP contribution >= 0.6 is 11.6 Å². The van der Waals surface area contributed by atoms with E-state index in [1.54, 1.807) is 0 Å². The summed E-state index contributed by atoms with van der Waals surface area (Å²) in [5, 5.41) is 7.14. The molecule has 0 atom stereocenters. The van der Waals surface area contributed by atoms with Crippen LogP contribution in [-0.2, 0) is 0 Å². The third kappa shape index (κ3) is 3.00. The molecule has 0 radical (unpaired) electrons. The van der Waals surface area contributed by atoms with Gasteiger partial charge >= 0.3 is 0 Å². The second-order valence-corrected chi connectivity index (χ2v) is 4.14. The van der Waals surface area contributed by atoms with E-state index in [0.717, 1.165) is 12.1 Å². The Morgan fingerprint density at radius 3 is 2.42 bits per heavy atom. The molecule has 0 aliphatic heterocycles. The number of amidine groups is 1. The van der Waals surface area contributed by atoms with Crippen LogP contribution in [-0.4, -0.2) is 5.84 Å². The molecule has 0 aliphatic rings. The smallest absolute Gasteiger partial charge is 0.166 e. The number of nitrogens with two attached hydrogens (primary N) is 1. The quantitative estimate of drug-likeness (QED) is 0.666. The van der Waals surface area contributed by atoms with Gasteiger partial charge in [0.25, 0.3) is 0 Å². The minimum atomic E-state index is -0.692. The summed E-state index contributed by atoms with van der Waals surface area (Å²) in [7, 11) is 0. The molecule has 0 fully saturated rings. The lowest BCUT2D eigenvalue weighted by atomic mass is 10.2. The third-order valence-corrected chi connectivity index (χ3v) is 2.67. The highest BCUT2D eigenvalue weighted by molar-refractivity contribution is 6.30. The van der Waals surface area contributed by atoms with Crippen molar-refractivity contribution in [1.29, 1.82) is 5.41 Å². The van der Waals surface area contributed by atoms with Gasteiger partial charge in [0, 0.05) is 11.6 Å². The lowest BCUT2D eigenvalue weighted by molar-refractivity contribution is 0.439. The van der Waals surface area contributed by atoms with Crippen LogP contribution in [0.15, 0.2) is 36.4 Å². The van der Waals surface area contributed by atoms with Crippen LogP contribution < -0.4 is 10.5 Å². The first-order chi connectivity index (χ1) is 8.97. The second-order valence-electron chi connectivity index (χ2n) is 3.74. The monoisotopic (exact) mass is 282 g/mol. The van der Waals surface area contributed by atoms with Gasteiger partial charge in [-0.15, -0.1) is 0 Å². The largest absolute Gasteiger partial charge is 0.454 e. The van der Waals surface area contributed by atoms with Gasteiger partial charge in [-0.25, -0.2) is 8.78 Å². The Bertz CT molecular complexity index is 647. The number of benzene rings is 2. The molecule has 0 bridgehead atoms. The van der Waals surface area contributed by atoms with Crippen LogP contribution in [0, 0.1) is 17.0 Å². The summed E-state index contributed by atoms with van der Waals surface area (Å²) in [5.74, 6) is -1.56. The number of rotatable bonds is 3. The van der Waals surface area contributed by atoms with Crippen LogP contribution in [0.2, 0.25) is 5.02 Å². The van der Waals surface area contributed by atoms with Crippen molar-refractivity contribution in [3.05, 3.63) is 58.6 Å². The van der Waals surface area contributed by atoms with Crippen molar-refractivity contribution in [2.75, 3.05) is 0 Å².